The van der Waals surface area contributed by atoms with E-state index in [0.717, 1.165) is 37.2 Å². The maximum Gasteiger partial charge on any atom is 0.164 e. The molecule has 2 N–H and O–H groups in total. The van der Waals surface area contributed by atoms with E-state index in [0.29, 0.717) is 5.92 Å². The number of benzene rings is 1. The van der Waals surface area contributed by atoms with Crippen LogP contribution in [0.2, 0.25) is 0 Å². The van der Waals surface area contributed by atoms with Gasteiger partial charge in [0.25, 0.3) is 0 Å². The van der Waals surface area contributed by atoms with Crippen molar-refractivity contribution in [1.29, 1.82) is 0 Å². The van der Waals surface area contributed by atoms with Gasteiger partial charge in [-0.2, -0.15) is 0 Å². The van der Waals surface area contributed by atoms with Crippen LogP contribution in [0.15, 0.2) is 12.1 Å². The van der Waals surface area contributed by atoms with Crippen molar-refractivity contribution in [2.75, 3.05) is 14.2 Å². The third kappa shape index (κ3) is 2.19. The summed E-state index contributed by atoms with van der Waals surface area (Å²) in [4.78, 5) is 0. The molecule has 1 aromatic carbocycles. The van der Waals surface area contributed by atoms with Crippen LogP contribution in [-0.4, -0.2) is 20.3 Å². The molecular formula is C15H23NO2. The van der Waals surface area contributed by atoms with Crippen molar-refractivity contribution in [3.8, 4) is 11.5 Å². The second-order valence-corrected chi connectivity index (χ2v) is 4.97. The molecule has 0 bridgehead atoms. The summed E-state index contributed by atoms with van der Waals surface area (Å²) in [6.07, 6.45) is 4.31. The minimum Gasteiger partial charge on any atom is -0.493 e. The van der Waals surface area contributed by atoms with Gasteiger partial charge in [0.05, 0.1) is 14.2 Å². The molecule has 3 heteroatoms. The Morgan fingerprint density at radius 3 is 2.67 bits per heavy atom. The van der Waals surface area contributed by atoms with Crippen LogP contribution in [0.5, 0.6) is 11.5 Å². The standard InChI is InChI=1S/C15H23NO2/c1-4-5-11-10-7-9-14(17-2)15(18-3)12(10)6-8-13(11)16/h7,9,11,13H,4-6,8,16H2,1-3H3. The molecule has 100 valence electrons. The Morgan fingerprint density at radius 1 is 1.28 bits per heavy atom. The maximum absolute atomic E-state index is 6.27. The first kappa shape index (κ1) is 13.2. The van der Waals surface area contributed by atoms with Crippen molar-refractivity contribution in [2.45, 2.75) is 44.6 Å². The highest BCUT2D eigenvalue weighted by molar-refractivity contribution is 5.53. The van der Waals surface area contributed by atoms with Crippen LogP contribution in [0.1, 0.15) is 43.2 Å². The lowest BCUT2D eigenvalue weighted by Crippen LogP contribution is -2.33. The van der Waals surface area contributed by atoms with Gasteiger partial charge in [0.2, 0.25) is 0 Å². The van der Waals surface area contributed by atoms with E-state index in [2.05, 4.69) is 13.0 Å². The first-order chi connectivity index (χ1) is 8.72. The van der Waals surface area contributed by atoms with Crippen molar-refractivity contribution in [3.63, 3.8) is 0 Å². The number of fused-ring (bicyclic) bond motifs is 1. The van der Waals surface area contributed by atoms with E-state index in [9.17, 15) is 0 Å². The molecule has 0 radical (unpaired) electrons. The number of methoxy groups -OCH3 is 2. The molecule has 0 saturated carbocycles. The molecule has 0 heterocycles. The first-order valence-electron chi connectivity index (χ1n) is 6.72. The molecule has 18 heavy (non-hydrogen) atoms. The van der Waals surface area contributed by atoms with E-state index >= 15 is 0 Å². The lowest BCUT2D eigenvalue weighted by atomic mass is 9.77. The van der Waals surface area contributed by atoms with Crippen molar-refractivity contribution >= 4 is 0 Å². The summed E-state index contributed by atoms with van der Waals surface area (Å²) >= 11 is 0. The summed E-state index contributed by atoms with van der Waals surface area (Å²) in [5.41, 5.74) is 8.91. The monoisotopic (exact) mass is 249 g/mol. The molecule has 0 aromatic heterocycles. The topological polar surface area (TPSA) is 44.5 Å². The first-order valence-corrected chi connectivity index (χ1v) is 6.72. The third-order valence-corrected chi connectivity index (χ3v) is 3.93. The fraction of sp³-hybridized carbons (Fsp3) is 0.600. The summed E-state index contributed by atoms with van der Waals surface area (Å²) in [6.45, 7) is 2.21. The molecule has 1 aromatic rings. The van der Waals surface area contributed by atoms with Crippen LogP contribution < -0.4 is 15.2 Å². The SMILES string of the molecule is CCCC1c2ccc(OC)c(OC)c2CCC1N. The van der Waals surface area contributed by atoms with Crippen LogP contribution in [0, 0.1) is 0 Å². The smallest absolute Gasteiger partial charge is 0.164 e. The van der Waals surface area contributed by atoms with Crippen molar-refractivity contribution < 1.29 is 9.47 Å². The van der Waals surface area contributed by atoms with Gasteiger partial charge < -0.3 is 15.2 Å². The molecule has 0 spiro atoms. The molecule has 2 rings (SSSR count). The minimum absolute atomic E-state index is 0.274. The van der Waals surface area contributed by atoms with E-state index < -0.39 is 0 Å². The average molecular weight is 249 g/mol. The zero-order valence-corrected chi connectivity index (χ0v) is 11.5. The molecule has 0 aliphatic heterocycles. The molecule has 2 unspecified atom stereocenters. The Bertz CT molecular complexity index is 417. The average Bonchev–Trinajstić information content (AvgIpc) is 2.40. The predicted molar refractivity (Wildman–Crippen MR) is 73.5 cm³/mol. The van der Waals surface area contributed by atoms with E-state index in [1.807, 2.05) is 6.07 Å². The van der Waals surface area contributed by atoms with Crippen molar-refractivity contribution in [1.82, 2.24) is 0 Å². The Labute approximate surface area is 109 Å². The highest BCUT2D eigenvalue weighted by Gasteiger charge is 2.29. The Kier molecular flexibility index (Phi) is 4.12. The van der Waals surface area contributed by atoms with Gasteiger partial charge in [-0.05, 0) is 36.8 Å². The predicted octanol–water partition coefficient (Wildman–Crippen LogP) is 2.86. The van der Waals surface area contributed by atoms with Crippen LogP contribution in [0.3, 0.4) is 0 Å². The summed E-state index contributed by atoms with van der Waals surface area (Å²) in [5.74, 6) is 2.17. The summed E-state index contributed by atoms with van der Waals surface area (Å²) in [6, 6.07) is 4.43. The zero-order chi connectivity index (χ0) is 13.1. The molecule has 3 nitrogen and oxygen atoms in total. The molecule has 1 aliphatic rings. The largest absolute Gasteiger partial charge is 0.493 e. The van der Waals surface area contributed by atoms with E-state index in [-0.39, 0.29) is 6.04 Å². The highest BCUT2D eigenvalue weighted by Crippen LogP contribution is 2.42. The normalized spacial score (nSPS) is 22.4. The van der Waals surface area contributed by atoms with Gasteiger partial charge in [-0.25, -0.2) is 0 Å². The van der Waals surface area contributed by atoms with Crippen LogP contribution in [0.25, 0.3) is 0 Å². The fourth-order valence-electron chi connectivity index (χ4n) is 3.03. The van der Waals surface area contributed by atoms with Crippen molar-refractivity contribution in [2.24, 2.45) is 5.73 Å². The number of ether oxygens (including phenoxy) is 2. The maximum atomic E-state index is 6.27. The summed E-state index contributed by atoms with van der Waals surface area (Å²) in [7, 11) is 3.39. The second kappa shape index (κ2) is 5.61. The van der Waals surface area contributed by atoms with E-state index in [1.165, 1.54) is 11.1 Å². The van der Waals surface area contributed by atoms with Crippen LogP contribution >= 0.6 is 0 Å². The summed E-state index contributed by atoms with van der Waals surface area (Å²) < 4.78 is 10.9. The van der Waals surface area contributed by atoms with Gasteiger partial charge in [-0.1, -0.05) is 19.4 Å². The van der Waals surface area contributed by atoms with Crippen molar-refractivity contribution in [3.05, 3.63) is 23.3 Å². The van der Waals surface area contributed by atoms with E-state index in [4.69, 9.17) is 15.2 Å². The lowest BCUT2D eigenvalue weighted by Gasteiger charge is -2.32. The number of nitrogens with two attached hydrogens (primary N) is 1. The lowest BCUT2D eigenvalue weighted by molar-refractivity contribution is 0.344. The van der Waals surface area contributed by atoms with Crippen LogP contribution in [0.4, 0.5) is 0 Å². The quantitative estimate of drug-likeness (QED) is 0.892. The minimum atomic E-state index is 0.274. The van der Waals surface area contributed by atoms with E-state index in [1.54, 1.807) is 14.2 Å². The Morgan fingerprint density at radius 2 is 2.06 bits per heavy atom. The Hall–Kier alpha value is -1.22. The molecule has 0 amide bonds. The Balaban J connectivity index is 2.47. The molecular weight excluding hydrogens is 226 g/mol. The van der Waals surface area contributed by atoms with Gasteiger partial charge in [-0.3, -0.25) is 0 Å². The van der Waals surface area contributed by atoms with Gasteiger partial charge >= 0.3 is 0 Å². The van der Waals surface area contributed by atoms with Gasteiger partial charge in [0.1, 0.15) is 0 Å². The molecule has 0 fully saturated rings. The number of rotatable bonds is 4. The molecule has 2 atom stereocenters. The third-order valence-electron chi connectivity index (χ3n) is 3.93. The molecule has 1 aliphatic carbocycles. The van der Waals surface area contributed by atoms with Gasteiger partial charge in [0, 0.05) is 11.6 Å². The fourth-order valence-corrected chi connectivity index (χ4v) is 3.03. The zero-order valence-electron chi connectivity index (χ0n) is 11.5. The summed E-state index contributed by atoms with van der Waals surface area (Å²) in [5, 5.41) is 0. The van der Waals surface area contributed by atoms with Gasteiger partial charge in [0.15, 0.2) is 11.5 Å². The van der Waals surface area contributed by atoms with Gasteiger partial charge in [-0.15, -0.1) is 0 Å². The second-order valence-electron chi connectivity index (χ2n) is 4.97. The number of hydrogen-bond donors (Lipinski definition) is 1. The number of hydrogen-bond acceptors (Lipinski definition) is 3. The van der Waals surface area contributed by atoms with Crippen LogP contribution in [-0.2, 0) is 6.42 Å². The molecule has 0 saturated heterocycles. The highest BCUT2D eigenvalue weighted by atomic mass is 16.5.